The number of nitrogens with one attached hydrogen (secondary N) is 2. The first-order chi connectivity index (χ1) is 11.5. The van der Waals surface area contributed by atoms with E-state index in [9.17, 15) is 9.90 Å². The van der Waals surface area contributed by atoms with Crippen molar-refractivity contribution in [3.63, 3.8) is 0 Å². The standard InChI is InChI=1S/C17H21ClN4O2/c1-22-10-12(6-21-22)14-7-19-8-15(14)17(24)20-9-16(23)11-3-2-4-13(18)5-11/h2-6,10,14-16,19,23H,7-9H2,1H3,(H,20,24)/t14-,15+,16?/m1/s1. The van der Waals surface area contributed by atoms with Crippen LogP contribution in [0.3, 0.4) is 0 Å². The fraction of sp³-hybridized carbons (Fsp3) is 0.412. The van der Waals surface area contributed by atoms with E-state index in [1.165, 1.54) is 0 Å². The molecule has 0 radical (unpaired) electrons. The Bertz CT molecular complexity index is 718. The second-order valence-electron chi connectivity index (χ2n) is 6.13. The van der Waals surface area contributed by atoms with Crippen LogP contribution in [-0.2, 0) is 11.8 Å². The number of aliphatic hydroxyl groups is 1. The second-order valence-corrected chi connectivity index (χ2v) is 6.57. The van der Waals surface area contributed by atoms with Crippen LogP contribution < -0.4 is 10.6 Å². The van der Waals surface area contributed by atoms with Crippen LogP contribution in [0.4, 0.5) is 0 Å². The fourth-order valence-electron chi connectivity index (χ4n) is 3.10. The minimum Gasteiger partial charge on any atom is -0.387 e. The van der Waals surface area contributed by atoms with Crippen molar-refractivity contribution in [3.05, 3.63) is 52.8 Å². The lowest BCUT2D eigenvalue weighted by molar-refractivity contribution is -0.125. The molecule has 1 saturated heterocycles. The monoisotopic (exact) mass is 348 g/mol. The van der Waals surface area contributed by atoms with Gasteiger partial charge in [0.15, 0.2) is 0 Å². The molecule has 1 aliphatic heterocycles. The van der Waals surface area contributed by atoms with E-state index in [0.29, 0.717) is 17.1 Å². The van der Waals surface area contributed by atoms with Gasteiger partial charge in [0.25, 0.3) is 0 Å². The van der Waals surface area contributed by atoms with Gasteiger partial charge in [-0.15, -0.1) is 0 Å². The summed E-state index contributed by atoms with van der Waals surface area (Å²) >= 11 is 5.93. The van der Waals surface area contributed by atoms with Gasteiger partial charge in [-0.1, -0.05) is 23.7 Å². The molecule has 6 nitrogen and oxygen atoms in total. The van der Waals surface area contributed by atoms with Gasteiger partial charge in [0.1, 0.15) is 0 Å². The minimum atomic E-state index is -0.779. The van der Waals surface area contributed by atoms with E-state index in [-0.39, 0.29) is 24.3 Å². The van der Waals surface area contributed by atoms with Gasteiger partial charge in [0, 0.05) is 43.8 Å². The Hall–Kier alpha value is -1.89. The highest BCUT2D eigenvalue weighted by molar-refractivity contribution is 6.30. The van der Waals surface area contributed by atoms with Crippen LogP contribution in [0, 0.1) is 5.92 Å². The van der Waals surface area contributed by atoms with E-state index in [1.807, 2.05) is 13.2 Å². The van der Waals surface area contributed by atoms with E-state index in [4.69, 9.17) is 11.6 Å². The summed E-state index contributed by atoms with van der Waals surface area (Å²) in [4.78, 5) is 12.5. The molecule has 7 heteroatoms. The molecule has 3 N–H and O–H groups in total. The lowest BCUT2D eigenvalue weighted by Crippen LogP contribution is -2.36. The number of benzene rings is 1. The number of halogens is 1. The summed E-state index contributed by atoms with van der Waals surface area (Å²) in [5.41, 5.74) is 1.74. The molecule has 24 heavy (non-hydrogen) atoms. The van der Waals surface area contributed by atoms with Crippen LogP contribution in [-0.4, -0.2) is 40.4 Å². The molecule has 3 atom stereocenters. The molecule has 1 unspecified atom stereocenters. The summed E-state index contributed by atoms with van der Waals surface area (Å²) < 4.78 is 1.74. The second kappa shape index (κ2) is 7.34. The summed E-state index contributed by atoms with van der Waals surface area (Å²) in [7, 11) is 1.86. The number of hydrogen-bond acceptors (Lipinski definition) is 4. The van der Waals surface area contributed by atoms with Crippen molar-refractivity contribution >= 4 is 17.5 Å². The van der Waals surface area contributed by atoms with E-state index in [0.717, 1.165) is 12.1 Å². The smallest absolute Gasteiger partial charge is 0.225 e. The van der Waals surface area contributed by atoms with Gasteiger partial charge in [0.05, 0.1) is 18.2 Å². The normalized spacial score (nSPS) is 21.6. The largest absolute Gasteiger partial charge is 0.387 e. The lowest BCUT2D eigenvalue weighted by Gasteiger charge is -2.19. The molecule has 2 heterocycles. The van der Waals surface area contributed by atoms with Crippen molar-refractivity contribution in [3.8, 4) is 0 Å². The predicted molar refractivity (Wildman–Crippen MR) is 91.7 cm³/mol. The first-order valence-electron chi connectivity index (χ1n) is 7.95. The van der Waals surface area contributed by atoms with Gasteiger partial charge in [-0.2, -0.15) is 5.10 Å². The summed E-state index contributed by atoms with van der Waals surface area (Å²) in [5.74, 6) is -0.127. The van der Waals surface area contributed by atoms with Gasteiger partial charge in [-0.05, 0) is 23.3 Å². The number of nitrogens with zero attached hydrogens (tertiary/aromatic N) is 2. The van der Waals surface area contributed by atoms with E-state index < -0.39 is 6.10 Å². The van der Waals surface area contributed by atoms with Crippen LogP contribution in [0.15, 0.2) is 36.7 Å². The maximum absolute atomic E-state index is 12.5. The fourth-order valence-corrected chi connectivity index (χ4v) is 3.29. The van der Waals surface area contributed by atoms with Gasteiger partial charge < -0.3 is 15.7 Å². The minimum absolute atomic E-state index is 0.0602. The Kier molecular flexibility index (Phi) is 5.18. The van der Waals surface area contributed by atoms with Crippen molar-refractivity contribution in [2.24, 2.45) is 13.0 Å². The number of rotatable bonds is 5. The van der Waals surface area contributed by atoms with Gasteiger partial charge in [0.2, 0.25) is 5.91 Å². The molecule has 1 amide bonds. The van der Waals surface area contributed by atoms with Crippen molar-refractivity contribution < 1.29 is 9.90 Å². The molecule has 0 spiro atoms. The van der Waals surface area contributed by atoms with E-state index in [1.54, 1.807) is 35.1 Å². The van der Waals surface area contributed by atoms with Crippen LogP contribution in [0.2, 0.25) is 5.02 Å². The SMILES string of the molecule is Cn1cc([C@H]2CNC[C@@H]2C(=O)NCC(O)c2cccc(Cl)c2)cn1. The van der Waals surface area contributed by atoms with Crippen molar-refractivity contribution in [1.29, 1.82) is 0 Å². The van der Waals surface area contributed by atoms with E-state index >= 15 is 0 Å². The third-order valence-corrected chi connectivity index (χ3v) is 4.64. The topological polar surface area (TPSA) is 79.2 Å². The molecule has 2 aromatic rings. The van der Waals surface area contributed by atoms with Crippen molar-refractivity contribution in [2.75, 3.05) is 19.6 Å². The zero-order valence-electron chi connectivity index (χ0n) is 13.4. The average Bonchev–Trinajstić information content (AvgIpc) is 3.20. The van der Waals surface area contributed by atoms with Crippen molar-refractivity contribution in [1.82, 2.24) is 20.4 Å². The quantitative estimate of drug-likeness (QED) is 0.759. The summed E-state index contributed by atoms with van der Waals surface area (Å²) in [6.45, 7) is 1.54. The lowest BCUT2D eigenvalue weighted by atomic mass is 9.90. The Balaban J connectivity index is 1.60. The molecule has 1 aliphatic rings. The summed E-state index contributed by atoms with van der Waals surface area (Å²) in [5, 5.41) is 21.1. The number of aliphatic hydroxyl groups excluding tert-OH is 1. The summed E-state index contributed by atoms with van der Waals surface area (Å²) in [6.07, 6.45) is 2.97. The van der Waals surface area contributed by atoms with Crippen LogP contribution in [0.25, 0.3) is 0 Å². The number of aryl methyl sites for hydroxylation is 1. The Morgan fingerprint density at radius 3 is 3.08 bits per heavy atom. The maximum atomic E-state index is 12.5. The van der Waals surface area contributed by atoms with Crippen molar-refractivity contribution in [2.45, 2.75) is 12.0 Å². The molecule has 1 fully saturated rings. The predicted octanol–water partition coefficient (Wildman–Crippen LogP) is 1.23. The Morgan fingerprint density at radius 1 is 1.54 bits per heavy atom. The van der Waals surface area contributed by atoms with Crippen LogP contribution in [0.1, 0.15) is 23.1 Å². The maximum Gasteiger partial charge on any atom is 0.225 e. The number of amides is 1. The average molecular weight is 349 g/mol. The van der Waals surface area contributed by atoms with Crippen LogP contribution >= 0.6 is 11.6 Å². The third-order valence-electron chi connectivity index (χ3n) is 4.41. The van der Waals surface area contributed by atoms with Gasteiger partial charge in [-0.3, -0.25) is 9.48 Å². The zero-order chi connectivity index (χ0) is 17.1. The molecule has 128 valence electrons. The Labute approximate surface area is 145 Å². The first-order valence-corrected chi connectivity index (χ1v) is 8.33. The molecule has 1 aromatic carbocycles. The highest BCUT2D eigenvalue weighted by Gasteiger charge is 2.34. The summed E-state index contributed by atoms with van der Waals surface area (Å²) in [6, 6.07) is 7.02. The molecular formula is C17H21ClN4O2. The number of hydrogen-bond donors (Lipinski definition) is 3. The Morgan fingerprint density at radius 2 is 2.38 bits per heavy atom. The van der Waals surface area contributed by atoms with E-state index in [2.05, 4.69) is 15.7 Å². The van der Waals surface area contributed by atoms with Gasteiger partial charge >= 0.3 is 0 Å². The number of carbonyl (C=O) groups excluding carboxylic acids is 1. The molecule has 0 aliphatic carbocycles. The zero-order valence-corrected chi connectivity index (χ0v) is 14.2. The molecule has 3 rings (SSSR count). The first kappa shape index (κ1) is 17.0. The number of carbonyl (C=O) groups is 1. The van der Waals surface area contributed by atoms with Gasteiger partial charge in [-0.25, -0.2) is 0 Å². The molecule has 0 saturated carbocycles. The number of aromatic nitrogens is 2. The van der Waals surface area contributed by atoms with Crippen LogP contribution in [0.5, 0.6) is 0 Å². The molecular weight excluding hydrogens is 328 g/mol. The highest BCUT2D eigenvalue weighted by atomic mass is 35.5. The molecule has 1 aromatic heterocycles. The third kappa shape index (κ3) is 3.77. The molecule has 0 bridgehead atoms. The highest BCUT2D eigenvalue weighted by Crippen LogP contribution is 2.28.